The lowest BCUT2D eigenvalue weighted by atomic mass is 10.1. The van der Waals surface area contributed by atoms with E-state index in [0.29, 0.717) is 30.0 Å². The molecule has 110 valence electrons. The summed E-state index contributed by atoms with van der Waals surface area (Å²) in [5.41, 5.74) is 7.14. The summed E-state index contributed by atoms with van der Waals surface area (Å²) < 4.78 is 0. The Bertz CT molecular complexity index is 469. The molecule has 0 radical (unpaired) electrons. The Morgan fingerprint density at radius 2 is 1.80 bits per heavy atom. The molecule has 1 amide bonds. The number of carbonyl (C=O) groups excluding carboxylic acids is 2. The number of amides is 1. The van der Waals surface area contributed by atoms with E-state index in [9.17, 15) is 9.59 Å². The quantitative estimate of drug-likeness (QED) is 0.790. The third-order valence-corrected chi connectivity index (χ3v) is 3.52. The van der Waals surface area contributed by atoms with E-state index in [-0.39, 0.29) is 30.1 Å². The van der Waals surface area contributed by atoms with Crippen LogP contribution in [0, 0.1) is 5.92 Å². The van der Waals surface area contributed by atoms with E-state index in [4.69, 9.17) is 5.73 Å². The average molecular weight is 297 g/mol. The van der Waals surface area contributed by atoms with Crippen LogP contribution >= 0.6 is 12.4 Å². The lowest BCUT2D eigenvalue weighted by molar-refractivity contribution is 0.0947. The van der Waals surface area contributed by atoms with Crippen LogP contribution in [0.4, 0.5) is 0 Å². The smallest absolute Gasteiger partial charge is 0.251 e. The minimum absolute atomic E-state index is 0. The Morgan fingerprint density at radius 1 is 1.25 bits per heavy atom. The minimum atomic E-state index is -0.133. The lowest BCUT2D eigenvalue weighted by Crippen LogP contribution is -2.38. The monoisotopic (exact) mass is 296 g/mol. The van der Waals surface area contributed by atoms with Gasteiger partial charge in [-0.2, -0.15) is 0 Å². The van der Waals surface area contributed by atoms with Gasteiger partial charge in [0.15, 0.2) is 5.78 Å². The van der Waals surface area contributed by atoms with Crippen LogP contribution in [0.3, 0.4) is 0 Å². The number of nitrogens with one attached hydrogen (secondary N) is 1. The standard InChI is InChI=1S/C15H20N2O2.ClH/c1-2-14(18)11-5-7-12(8-6-11)15(19)17-9-13(16)10-3-4-10;/h5-8,10,13H,2-4,9,16H2,1H3,(H,17,19);1H. The third kappa shape index (κ3) is 4.32. The Hall–Kier alpha value is -1.39. The molecule has 1 saturated carbocycles. The van der Waals surface area contributed by atoms with E-state index in [1.807, 2.05) is 6.92 Å². The Balaban J connectivity index is 0.00000200. The second kappa shape index (κ2) is 7.41. The van der Waals surface area contributed by atoms with Crippen LogP contribution in [0.5, 0.6) is 0 Å². The first-order chi connectivity index (χ1) is 9.11. The summed E-state index contributed by atoms with van der Waals surface area (Å²) in [6.07, 6.45) is 2.82. The maximum absolute atomic E-state index is 11.9. The number of nitrogens with two attached hydrogens (primary N) is 1. The van der Waals surface area contributed by atoms with Crippen LogP contribution < -0.4 is 11.1 Å². The fourth-order valence-corrected chi connectivity index (χ4v) is 2.02. The van der Waals surface area contributed by atoms with Crippen LogP contribution in [-0.4, -0.2) is 24.3 Å². The minimum Gasteiger partial charge on any atom is -0.350 e. The van der Waals surface area contributed by atoms with E-state index >= 15 is 0 Å². The summed E-state index contributed by atoms with van der Waals surface area (Å²) in [5.74, 6) is 0.527. The fraction of sp³-hybridized carbons (Fsp3) is 0.467. The predicted octanol–water partition coefficient (Wildman–Crippen LogP) is 2.17. The maximum Gasteiger partial charge on any atom is 0.251 e. The first-order valence-electron chi connectivity index (χ1n) is 6.79. The van der Waals surface area contributed by atoms with Gasteiger partial charge in [-0.25, -0.2) is 0 Å². The van der Waals surface area contributed by atoms with Gasteiger partial charge in [0.1, 0.15) is 0 Å². The first kappa shape index (κ1) is 16.7. The van der Waals surface area contributed by atoms with Crippen LogP contribution in [-0.2, 0) is 0 Å². The van der Waals surface area contributed by atoms with Crippen molar-refractivity contribution in [2.45, 2.75) is 32.2 Å². The summed E-state index contributed by atoms with van der Waals surface area (Å²) >= 11 is 0. The molecule has 20 heavy (non-hydrogen) atoms. The maximum atomic E-state index is 11.9. The average Bonchev–Trinajstić information content (AvgIpc) is 3.28. The number of hydrogen-bond donors (Lipinski definition) is 2. The zero-order chi connectivity index (χ0) is 13.8. The number of rotatable bonds is 6. The number of Topliss-reactive ketones (excluding diaryl/α,β-unsaturated/α-hetero) is 1. The van der Waals surface area contributed by atoms with E-state index in [1.54, 1.807) is 24.3 Å². The SMILES string of the molecule is CCC(=O)c1ccc(C(=O)NCC(N)C2CC2)cc1.Cl. The first-order valence-corrected chi connectivity index (χ1v) is 6.79. The van der Waals surface area contributed by atoms with Gasteiger partial charge in [0.05, 0.1) is 0 Å². The highest BCUT2D eigenvalue weighted by Crippen LogP contribution is 2.31. The van der Waals surface area contributed by atoms with Gasteiger partial charge in [0, 0.05) is 30.1 Å². The van der Waals surface area contributed by atoms with Crippen molar-refractivity contribution in [2.75, 3.05) is 6.54 Å². The fourth-order valence-electron chi connectivity index (χ4n) is 2.02. The molecule has 4 nitrogen and oxygen atoms in total. The van der Waals surface area contributed by atoms with Crippen molar-refractivity contribution in [3.63, 3.8) is 0 Å². The zero-order valence-electron chi connectivity index (χ0n) is 11.6. The highest BCUT2D eigenvalue weighted by molar-refractivity contribution is 5.98. The molecule has 3 N–H and O–H groups in total. The van der Waals surface area contributed by atoms with Gasteiger partial charge in [0.25, 0.3) is 5.91 Å². The van der Waals surface area contributed by atoms with Crippen LogP contribution in [0.1, 0.15) is 46.9 Å². The number of benzene rings is 1. The highest BCUT2D eigenvalue weighted by atomic mass is 35.5. The van der Waals surface area contributed by atoms with Crippen LogP contribution in [0.25, 0.3) is 0 Å². The van der Waals surface area contributed by atoms with Crippen LogP contribution in [0.2, 0.25) is 0 Å². The molecule has 0 heterocycles. The topological polar surface area (TPSA) is 72.2 Å². The summed E-state index contributed by atoms with van der Waals surface area (Å²) in [7, 11) is 0. The molecule has 1 unspecified atom stereocenters. The van der Waals surface area contributed by atoms with Crippen molar-refractivity contribution >= 4 is 24.1 Å². The van der Waals surface area contributed by atoms with Crippen molar-refractivity contribution in [1.29, 1.82) is 0 Å². The van der Waals surface area contributed by atoms with Gasteiger partial charge in [-0.15, -0.1) is 12.4 Å². The van der Waals surface area contributed by atoms with Crippen molar-refractivity contribution in [2.24, 2.45) is 11.7 Å². The van der Waals surface area contributed by atoms with Crippen molar-refractivity contribution in [3.05, 3.63) is 35.4 Å². The molecule has 0 spiro atoms. The Labute approximate surface area is 125 Å². The predicted molar refractivity (Wildman–Crippen MR) is 81.3 cm³/mol. The normalized spacial score (nSPS) is 15.1. The summed E-state index contributed by atoms with van der Waals surface area (Å²) in [5, 5.41) is 2.83. The summed E-state index contributed by atoms with van der Waals surface area (Å²) in [6, 6.07) is 6.81. The largest absolute Gasteiger partial charge is 0.350 e. The lowest BCUT2D eigenvalue weighted by Gasteiger charge is -2.11. The number of halogens is 1. The number of carbonyl (C=O) groups is 2. The molecule has 1 fully saturated rings. The molecule has 1 aliphatic rings. The molecule has 0 aromatic heterocycles. The number of hydrogen-bond acceptors (Lipinski definition) is 3. The van der Waals surface area contributed by atoms with E-state index in [1.165, 1.54) is 12.8 Å². The Morgan fingerprint density at radius 3 is 2.30 bits per heavy atom. The second-order valence-electron chi connectivity index (χ2n) is 5.07. The zero-order valence-corrected chi connectivity index (χ0v) is 12.4. The molecule has 0 aliphatic heterocycles. The van der Waals surface area contributed by atoms with Gasteiger partial charge in [-0.1, -0.05) is 19.1 Å². The molecule has 1 aromatic rings. The highest BCUT2D eigenvalue weighted by Gasteiger charge is 2.28. The van der Waals surface area contributed by atoms with Crippen molar-refractivity contribution in [1.82, 2.24) is 5.32 Å². The van der Waals surface area contributed by atoms with E-state index in [2.05, 4.69) is 5.32 Å². The van der Waals surface area contributed by atoms with Gasteiger partial charge in [-0.3, -0.25) is 9.59 Å². The van der Waals surface area contributed by atoms with Gasteiger partial charge >= 0.3 is 0 Å². The molecule has 1 aromatic carbocycles. The summed E-state index contributed by atoms with van der Waals surface area (Å²) in [4.78, 5) is 23.4. The van der Waals surface area contributed by atoms with Crippen LogP contribution in [0.15, 0.2) is 24.3 Å². The second-order valence-corrected chi connectivity index (χ2v) is 5.07. The molecule has 0 bridgehead atoms. The number of ketones is 1. The molecule has 2 rings (SSSR count). The van der Waals surface area contributed by atoms with E-state index < -0.39 is 0 Å². The molecule has 1 aliphatic carbocycles. The van der Waals surface area contributed by atoms with Crippen molar-refractivity contribution in [3.8, 4) is 0 Å². The molecule has 5 heteroatoms. The molecular weight excluding hydrogens is 276 g/mol. The third-order valence-electron chi connectivity index (χ3n) is 3.52. The van der Waals surface area contributed by atoms with Gasteiger partial charge in [0.2, 0.25) is 0 Å². The molecular formula is C15H21ClN2O2. The molecule has 0 saturated heterocycles. The molecule has 1 atom stereocenters. The summed E-state index contributed by atoms with van der Waals surface area (Å²) in [6.45, 7) is 2.33. The van der Waals surface area contributed by atoms with Crippen molar-refractivity contribution < 1.29 is 9.59 Å². The Kier molecular flexibility index (Phi) is 6.17. The van der Waals surface area contributed by atoms with Gasteiger partial charge in [-0.05, 0) is 30.9 Å². The van der Waals surface area contributed by atoms with Gasteiger partial charge < -0.3 is 11.1 Å². The van der Waals surface area contributed by atoms with E-state index in [0.717, 1.165) is 0 Å².